The molecule has 9 heteroatoms. The number of likely N-dealkylation sites (N-methyl/N-ethyl adjacent to an activating group) is 1. The first-order chi connectivity index (χ1) is 43.6. The van der Waals surface area contributed by atoms with E-state index in [0.717, 1.165) is 109 Å². The monoisotopic (exact) mass is 1240 g/mol. The van der Waals surface area contributed by atoms with Crippen LogP contribution in [0.15, 0.2) is 122 Å². The molecule has 510 valence electrons. The number of esters is 2. The molecule has 1 N–H and O–H groups in total. The van der Waals surface area contributed by atoms with Crippen LogP contribution >= 0.6 is 0 Å². The van der Waals surface area contributed by atoms with Crippen molar-refractivity contribution in [2.75, 3.05) is 47.5 Å². The highest BCUT2D eigenvalue weighted by Gasteiger charge is 2.25. The van der Waals surface area contributed by atoms with Crippen molar-refractivity contribution in [2.45, 2.75) is 322 Å². The summed E-state index contributed by atoms with van der Waals surface area (Å²) in [7, 11) is 5.97. The molecule has 0 aromatic rings. The average Bonchev–Trinajstić information content (AvgIpc) is 3.64. The van der Waals surface area contributed by atoms with Crippen molar-refractivity contribution in [1.29, 1.82) is 0 Å². The van der Waals surface area contributed by atoms with E-state index in [1.807, 2.05) is 21.1 Å². The summed E-state index contributed by atoms with van der Waals surface area (Å²) in [5.41, 5.74) is 0. The summed E-state index contributed by atoms with van der Waals surface area (Å²) in [4.78, 5) is 37.6. The van der Waals surface area contributed by atoms with Crippen molar-refractivity contribution in [3.8, 4) is 0 Å². The second-order valence-electron chi connectivity index (χ2n) is 25.5. The lowest BCUT2D eigenvalue weighted by atomic mass is 10.0. The molecular formula is C80H138NO8+. The fourth-order valence-corrected chi connectivity index (χ4v) is 10.1. The van der Waals surface area contributed by atoms with E-state index in [1.165, 1.54) is 167 Å². The molecule has 2 unspecified atom stereocenters. The number of carboxylic acids is 1. The number of ether oxygens (including phenoxy) is 4. The van der Waals surface area contributed by atoms with Gasteiger partial charge in [0, 0.05) is 12.8 Å². The van der Waals surface area contributed by atoms with E-state index in [0.29, 0.717) is 23.9 Å². The standard InChI is InChI=1S/C80H137NO8/c1-6-8-10-12-14-16-18-20-22-24-26-28-30-32-34-35-36-37-38-39-40-41-42-43-45-46-48-50-52-54-56-58-60-62-64-66-68-70-77(82)87-74-76(75-88-80(79(84)85)86-73-72-81(3,4)5)89-78(83)71-69-67-65-63-61-59-57-55-53-51-49-47-44-33-31-29-27-25-23-21-19-17-15-13-11-9-7-2/h9,11,15,17-18,20-21,23-24,26-27,29-30,32-33,44,49,51,55,57,76,80H,6-8,10,12-14,16,19,22,25,28,31,34-43,45-48,50,52-54,56,58-75H2,1-5H3/p+1/b11-9-,17-15-,20-18-,23-21-,26-24-,29-27-,32-30-,44-33-,51-49-,57-55-. The number of carbonyl (C=O) groups is 3. The lowest BCUT2D eigenvalue weighted by Crippen LogP contribution is -2.40. The Bertz CT molecular complexity index is 1880. The number of hydrogen-bond donors (Lipinski definition) is 1. The van der Waals surface area contributed by atoms with Crippen LogP contribution in [0.2, 0.25) is 0 Å². The summed E-state index contributed by atoms with van der Waals surface area (Å²) < 4.78 is 23.0. The first kappa shape index (κ1) is 84.7. The second kappa shape index (κ2) is 69.6. The maximum absolute atomic E-state index is 12.9. The zero-order valence-corrected chi connectivity index (χ0v) is 58.3. The van der Waals surface area contributed by atoms with Gasteiger partial charge in [-0.3, -0.25) is 9.59 Å². The number of carboxylic acid groups (broad SMARTS) is 1. The Hall–Kier alpha value is -4.31. The van der Waals surface area contributed by atoms with Crippen LogP contribution in [-0.2, 0) is 33.3 Å². The van der Waals surface area contributed by atoms with Crippen LogP contribution in [0.5, 0.6) is 0 Å². The third-order valence-corrected chi connectivity index (χ3v) is 15.7. The summed E-state index contributed by atoms with van der Waals surface area (Å²) in [6.07, 6.45) is 96.1. The van der Waals surface area contributed by atoms with Gasteiger partial charge in [0.2, 0.25) is 0 Å². The Labute approximate surface area is 548 Å². The minimum absolute atomic E-state index is 0.179. The molecule has 0 spiro atoms. The lowest BCUT2D eigenvalue weighted by molar-refractivity contribution is -0.870. The zero-order chi connectivity index (χ0) is 64.7. The Morgan fingerprint density at radius 1 is 0.348 bits per heavy atom. The summed E-state index contributed by atoms with van der Waals surface area (Å²) >= 11 is 0. The van der Waals surface area contributed by atoms with Crippen LogP contribution in [0.25, 0.3) is 0 Å². The average molecular weight is 1240 g/mol. The quantitative estimate of drug-likeness (QED) is 0.0211. The third kappa shape index (κ3) is 71.0. The molecule has 0 fully saturated rings. The molecule has 0 aliphatic heterocycles. The van der Waals surface area contributed by atoms with Crippen LogP contribution < -0.4 is 0 Å². The fourth-order valence-electron chi connectivity index (χ4n) is 10.1. The van der Waals surface area contributed by atoms with E-state index in [4.69, 9.17) is 18.9 Å². The Morgan fingerprint density at radius 3 is 0.955 bits per heavy atom. The molecule has 2 atom stereocenters. The van der Waals surface area contributed by atoms with Crippen molar-refractivity contribution < 1.29 is 42.9 Å². The number of allylic oxidation sites excluding steroid dienone is 20. The zero-order valence-electron chi connectivity index (χ0n) is 58.3. The van der Waals surface area contributed by atoms with Gasteiger partial charge in [0.05, 0.1) is 34.4 Å². The minimum atomic E-state index is -1.52. The van der Waals surface area contributed by atoms with Crippen molar-refractivity contribution in [1.82, 2.24) is 0 Å². The third-order valence-electron chi connectivity index (χ3n) is 15.7. The van der Waals surface area contributed by atoms with Gasteiger partial charge in [-0.15, -0.1) is 0 Å². The van der Waals surface area contributed by atoms with E-state index >= 15 is 0 Å². The van der Waals surface area contributed by atoms with Gasteiger partial charge in [-0.2, -0.15) is 0 Å². The molecule has 0 aromatic heterocycles. The highest BCUT2D eigenvalue weighted by atomic mass is 16.7. The molecule has 0 aromatic carbocycles. The van der Waals surface area contributed by atoms with Crippen LogP contribution in [0.3, 0.4) is 0 Å². The van der Waals surface area contributed by atoms with Crippen LogP contribution in [-0.4, -0.2) is 87.4 Å². The molecule has 0 aliphatic rings. The lowest BCUT2D eigenvalue weighted by Gasteiger charge is -2.25. The van der Waals surface area contributed by atoms with Crippen molar-refractivity contribution in [3.63, 3.8) is 0 Å². The second-order valence-corrected chi connectivity index (χ2v) is 25.5. The molecule has 0 saturated carbocycles. The minimum Gasteiger partial charge on any atom is -0.477 e. The summed E-state index contributed by atoms with van der Waals surface area (Å²) in [6, 6.07) is 0. The van der Waals surface area contributed by atoms with Crippen molar-refractivity contribution in [2.24, 2.45) is 0 Å². The number of quaternary nitrogens is 1. The van der Waals surface area contributed by atoms with Crippen LogP contribution in [0.1, 0.15) is 309 Å². The van der Waals surface area contributed by atoms with Gasteiger partial charge in [-0.05, 0) is 109 Å². The summed E-state index contributed by atoms with van der Waals surface area (Å²) in [5.74, 6) is -2.03. The van der Waals surface area contributed by atoms with Crippen LogP contribution in [0, 0.1) is 0 Å². The summed E-state index contributed by atoms with van der Waals surface area (Å²) in [5, 5.41) is 9.75. The van der Waals surface area contributed by atoms with Gasteiger partial charge >= 0.3 is 17.9 Å². The van der Waals surface area contributed by atoms with Gasteiger partial charge < -0.3 is 28.5 Å². The Balaban J connectivity index is 4.09. The van der Waals surface area contributed by atoms with E-state index in [-0.39, 0.29) is 32.2 Å². The topological polar surface area (TPSA) is 108 Å². The maximum Gasteiger partial charge on any atom is 0.361 e. The first-order valence-electron chi connectivity index (χ1n) is 36.7. The molecule has 0 aliphatic carbocycles. The van der Waals surface area contributed by atoms with E-state index < -0.39 is 24.3 Å². The fraction of sp³-hybridized carbons (Fsp3) is 0.713. The van der Waals surface area contributed by atoms with E-state index in [2.05, 4.69) is 135 Å². The van der Waals surface area contributed by atoms with Gasteiger partial charge in [0.15, 0.2) is 6.10 Å². The molecule has 89 heavy (non-hydrogen) atoms. The Morgan fingerprint density at radius 2 is 0.640 bits per heavy atom. The predicted octanol–water partition coefficient (Wildman–Crippen LogP) is 23.1. The number of rotatable bonds is 67. The summed E-state index contributed by atoms with van der Waals surface area (Å²) in [6.45, 7) is 4.74. The molecule has 0 heterocycles. The van der Waals surface area contributed by atoms with E-state index in [1.54, 1.807) is 0 Å². The first-order valence-corrected chi connectivity index (χ1v) is 36.7. The van der Waals surface area contributed by atoms with Gasteiger partial charge in [-0.25, -0.2) is 4.79 Å². The van der Waals surface area contributed by atoms with E-state index in [9.17, 15) is 19.5 Å². The highest BCUT2D eigenvalue weighted by molar-refractivity contribution is 5.71. The normalized spacial score (nSPS) is 13.4. The smallest absolute Gasteiger partial charge is 0.361 e. The molecule has 0 rings (SSSR count). The maximum atomic E-state index is 12.9. The SMILES string of the molecule is CC/C=C\C/C=C\C/C=C\C/C=C\C/C=C\C/C=C\C/C=C\CCCCCCCC(=O)OC(COC(=O)CCCCCCCCCCCCCCCCCCCCCCCC/C=C\C/C=C\C/C=C\CCCCCCC)COC(OCC[N+](C)(C)C)C(=O)O. The molecule has 0 amide bonds. The molecule has 0 radical (unpaired) electrons. The van der Waals surface area contributed by atoms with Gasteiger partial charge in [0.25, 0.3) is 6.29 Å². The highest BCUT2D eigenvalue weighted by Crippen LogP contribution is 2.17. The number of hydrogen-bond acceptors (Lipinski definition) is 7. The van der Waals surface area contributed by atoms with Gasteiger partial charge in [-0.1, -0.05) is 309 Å². The molecule has 0 bridgehead atoms. The molecular weight excluding hydrogens is 1100 g/mol. The number of carbonyl (C=O) groups excluding carboxylic acids is 2. The van der Waals surface area contributed by atoms with Crippen LogP contribution in [0.4, 0.5) is 0 Å². The number of aliphatic carboxylic acids is 1. The number of nitrogens with zero attached hydrogens (tertiary/aromatic N) is 1. The molecule has 0 saturated heterocycles. The van der Waals surface area contributed by atoms with Crippen molar-refractivity contribution >= 4 is 17.9 Å². The van der Waals surface area contributed by atoms with Gasteiger partial charge in [0.1, 0.15) is 13.2 Å². The molecule has 9 nitrogen and oxygen atoms in total. The Kier molecular flexibility index (Phi) is 66.2. The van der Waals surface area contributed by atoms with Crippen molar-refractivity contribution in [3.05, 3.63) is 122 Å². The largest absolute Gasteiger partial charge is 0.477 e. The number of unbranched alkanes of at least 4 members (excludes halogenated alkanes) is 32. The predicted molar refractivity (Wildman–Crippen MR) is 382 cm³/mol.